The van der Waals surface area contributed by atoms with Gasteiger partial charge in [0.25, 0.3) is 0 Å². The molecule has 8 heteroatoms. The summed E-state index contributed by atoms with van der Waals surface area (Å²) in [4.78, 5) is 18.7. The third kappa shape index (κ3) is 3.76. The second-order valence-corrected chi connectivity index (χ2v) is 7.31. The summed E-state index contributed by atoms with van der Waals surface area (Å²) in [7, 11) is 1.88. The Hall–Kier alpha value is -1.93. The van der Waals surface area contributed by atoms with Gasteiger partial charge in [-0.25, -0.2) is 9.78 Å². The van der Waals surface area contributed by atoms with Gasteiger partial charge in [-0.2, -0.15) is 5.10 Å². The monoisotopic (exact) mass is 349 g/mol. The molecule has 0 radical (unpaired) electrons. The molecule has 2 aromatic rings. The first kappa shape index (κ1) is 16.9. The average molecular weight is 349 g/mol. The maximum atomic E-state index is 12.4. The second-order valence-electron chi connectivity index (χ2n) is 6.24. The minimum absolute atomic E-state index is 0.0552. The molecule has 3 rings (SSSR count). The van der Waals surface area contributed by atoms with E-state index < -0.39 is 5.60 Å². The molecule has 0 saturated carbocycles. The molecule has 1 saturated heterocycles. The number of amides is 2. The minimum Gasteiger partial charge on any atom is -0.367 e. The number of urea groups is 1. The number of aryl methyl sites for hydroxylation is 2. The fraction of sp³-hybridized carbons (Fsp3) is 0.562. The SMILES string of the molecule is Cc1nc(CCNC(=O)N2CCOC(C)(c3cnn(C)c3)C2)cs1. The smallest absolute Gasteiger partial charge is 0.317 e. The Morgan fingerprint density at radius 1 is 1.54 bits per heavy atom. The lowest BCUT2D eigenvalue weighted by Gasteiger charge is -2.40. The van der Waals surface area contributed by atoms with Crippen LogP contribution in [-0.2, 0) is 23.8 Å². The van der Waals surface area contributed by atoms with E-state index in [1.165, 1.54) is 0 Å². The molecule has 130 valence electrons. The molecule has 2 amide bonds. The van der Waals surface area contributed by atoms with Crippen molar-refractivity contribution < 1.29 is 9.53 Å². The van der Waals surface area contributed by atoms with Crippen LogP contribution in [0.5, 0.6) is 0 Å². The number of nitrogens with one attached hydrogen (secondary N) is 1. The summed E-state index contributed by atoms with van der Waals surface area (Å²) in [5, 5.41) is 10.3. The summed E-state index contributed by atoms with van der Waals surface area (Å²) in [6.45, 7) is 6.20. The standard InChI is InChI=1S/C16H23N5O2S/c1-12-19-14(10-24-12)4-5-17-15(22)21-6-7-23-16(2,11-21)13-8-18-20(3)9-13/h8-10H,4-7,11H2,1-3H3,(H,17,22). The first-order chi connectivity index (χ1) is 11.5. The Balaban J connectivity index is 1.55. The lowest BCUT2D eigenvalue weighted by Crippen LogP contribution is -2.53. The van der Waals surface area contributed by atoms with Crippen molar-refractivity contribution in [2.75, 3.05) is 26.2 Å². The van der Waals surface area contributed by atoms with Crippen LogP contribution in [0.3, 0.4) is 0 Å². The maximum absolute atomic E-state index is 12.4. The number of carbonyl (C=O) groups is 1. The summed E-state index contributed by atoms with van der Waals surface area (Å²) < 4.78 is 7.69. The van der Waals surface area contributed by atoms with Crippen molar-refractivity contribution in [1.82, 2.24) is 25.0 Å². The van der Waals surface area contributed by atoms with Crippen LogP contribution in [0.4, 0.5) is 4.79 Å². The predicted octanol–water partition coefficient (Wildman–Crippen LogP) is 1.68. The highest BCUT2D eigenvalue weighted by molar-refractivity contribution is 7.09. The topological polar surface area (TPSA) is 72.3 Å². The Bertz CT molecular complexity index is 713. The van der Waals surface area contributed by atoms with E-state index in [9.17, 15) is 4.79 Å². The van der Waals surface area contributed by atoms with Crippen LogP contribution < -0.4 is 5.32 Å². The van der Waals surface area contributed by atoms with E-state index in [0.29, 0.717) is 26.2 Å². The van der Waals surface area contributed by atoms with E-state index >= 15 is 0 Å². The van der Waals surface area contributed by atoms with Crippen molar-refractivity contribution in [1.29, 1.82) is 0 Å². The molecule has 0 aliphatic carbocycles. The molecule has 1 atom stereocenters. The zero-order chi connectivity index (χ0) is 17.2. The van der Waals surface area contributed by atoms with Crippen molar-refractivity contribution in [2.24, 2.45) is 7.05 Å². The molecule has 7 nitrogen and oxygen atoms in total. The van der Waals surface area contributed by atoms with E-state index in [1.807, 2.05) is 37.4 Å². The molecule has 0 spiro atoms. The van der Waals surface area contributed by atoms with Crippen LogP contribution in [0, 0.1) is 6.92 Å². The van der Waals surface area contributed by atoms with Gasteiger partial charge in [0, 0.05) is 43.7 Å². The van der Waals surface area contributed by atoms with Gasteiger partial charge >= 0.3 is 6.03 Å². The van der Waals surface area contributed by atoms with Crippen molar-refractivity contribution in [2.45, 2.75) is 25.9 Å². The average Bonchev–Trinajstić information content (AvgIpc) is 3.16. The Morgan fingerprint density at radius 2 is 2.38 bits per heavy atom. The van der Waals surface area contributed by atoms with Crippen LogP contribution in [-0.4, -0.2) is 51.9 Å². The van der Waals surface area contributed by atoms with Gasteiger partial charge in [-0.1, -0.05) is 0 Å². The molecule has 2 aromatic heterocycles. The summed E-state index contributed by atoms with van der Waals surface area (Å²) >= 11 is 1.63. The van der Waals surface area contributed by atoms with Crippen molar-refractivity contribution in [3.63, 3.8) is 0 Å². The molecule has 1 aliphatic heterocycles. The molecular weight excluding hydrogens is 326 g/mol. The zero-order valence-electron chi connectivity index (χ0n) is 14.3. The molecule has 1 aliphatic rings. The zero-order valence-corrected chi connectivity index (χ0v) is 15.1. The highest BCUT2D eigenvalue weighted by Gasteiger charge is 2.36. The van der Waals surface area contributed by atoms with Gasteiger partial charge < -0.3 is 15.0 Å². The summed E-state index contributed by atoms with van der Waals surface area (Å²) in [5.41, 5.74) is 1.50. The molecular formula is C16H23N5O2S. The highest BCUT2D eigenvalue weighted by Crippen LogP contribution is 2.28. The van der Waals surface area contributed by atoms with Gasteiger partial charge in [0.15, 0.2) is 0 Å². The Morgan fingerprint density at radius 3 is 3.04 bits per heavy atom. The highest BCUT2D eigenvalue weighted by atomic mass is 32.1. The summed E-state index contributed by atoms with van der Waals surface area (Å²) in [6.07, 6.45) is 4.48. The van der Waals surface area contributed by atoms with Gasteiger partial charge in [0.1, 0.15) is 5.60 Å². The Labute approximate surface area is 145 Å². The first-order valence-corrected chi connectivity index (χ1v) is 8.91. The minimum atomic E-state index is -0.518. The largest absolute Gasteiger partial charge is 0.367 e. The van der Waals surface area contributed by atoms with Crippen LogP contribution in [0.1, 0.15) is 23.2 Å². The molecule has 1 unspecified atom stereocenters. The van der Waals surface area contributed by atoms with Crippen LogP contribution in [0.25, 0.3) is 0 Å². The van der Waals surface area contributed by atoms with E-state index in [4.69, 9.17) is 4.74 Å². The van der Waals surface area contributed by atoms with E-state index in [1.54, 1.807) is 22.2 Å². The maximum Gasteiger partial charge on any atom is 0.317 e. The van der Waals surface area contributed by atoms with Crippen molar-refractivity contribution in [3.8, 4) is 0 Å². The summed E-state index contributed by atoms with van der Waals surface area (Å²) in [6, 6.07) is -0.0552. The van der Waals surface area contributed by atoms with E-state index in [-0.39, 0.29) is 6.03 Å². The lowest BCUT2D eigenvalue weighted by molar-refractivity contribution is -0.0906. The fourth-order valence-corrected chi connectivity index (χ4v) is 3.49. The van der Waals surface area contributed by atoms with Gasteiger partial charge in [-0.15, -0.1) is 11.3 Å². The third-order valence-corrected chi connectivity index (χ3v) is 5.02. The molecule has 1 N–H and O–H groups in total. The molecule has 0 bridgehead atoms. The number of aromatic nitrogens is 3. The lowest BCUT2D eigenvalue weighted by atomic mass is 9.97. The number of carbonyl (C=O) groups excluding carboxylic acids is 1. The molecule has 0 aromatic carbocycles. The van der Waals surface area contributed by atoms with Gasteiger partial charge in [0.05, 0.1) is 30.1 Å². The molecule has 24 heavy (non-hydrogen) atoms. The number of thiazole rings is 1. The third-order valence-electron chi connectivity index (χ3n) is 4.20. The quantitative estimate of drug-likeness (QED) is 0.912. The van der Waals surface area contributed by atoms with E-state index in [0.717, 1.165) is 22.7 Å². The molecule has 1 fully saturated rings. The van der Waals surface area contributed by atoms with Gasteiger partial charge in [-0.3, -0.25) is 4.68 Å². The number of rotatable bonds is 4. The van der Waals surface area contributed by atoms with Crippen LogP contribution in [0.2, 0.25) is 0 Å². The number of hydrogen-bond donors (Lipinski definition) is 1. The normalized spacial score (nSPS) is 21.0. The Kier molecular flexibility index (Phi) is 4.86. The summed E-state index contributed by atoms with van der Waals surface area (Å²) in [5.74, 6) is 0. The number of nitrogens with zero attached hydrogens (tertiary/aromatic N) is 4. The van der Waals surface area contributed by atoms with Gasteiger partial charge in [-0.05, 0) is 13.8 Å². The fourth-order valence-electron chi connectivity index (χ4n) is 2.84. The van der Waals surface area contributed by atoms with Crippen molar-refractivity contribution >= 4 is 17.4 Å². The van der Waals surface area contributed by atoms with Crippen LogP contribution in [0.15, 0.2) is 17.8 Å². The predicted molar refractivity (Wildman–Crippen MR) is 92.0 cm³/mol. The van der Waals surface area contributed by atoms with Crippen molar-refractivity contribution in [3.05, 3.63) is 34.0 Å². The number of ether oxygens (including phenoxy) is 1. The first-order valence-electron chi connectivity index (χ1n) is 8.03. The number of morpholine rings is 1. The van der Waals surface area contributed by atoms with Crippen LogP contribution >= 0.6 is 11.3 Å². The number of hydrogen-bond acceptors (Lipinski definition) is 5. The molecule has 3 heterocycles. The second kappa shape index (κ2) is 6.90. The van der Waals surface area contributed by atoms with Gasteiger partial charge in [0.2, 0.25) is 0 Å². The van der Waals surface area contributed by atoms with E-state index in [2.05, 4.69) is 15.4 Å².